The zero-order chi connectivity index (χ0) is 17.1. The molecule has 0 amide bonds. The minimum absolute atomic E-state index is 0. The molecule has 0 unspecified atom stereocenters. The van der Waals surface area contributed by atoms with E-state index in [1.807, 2.05) is 0 Å². The average Bonchev–Trinajstić information content (AvgIpc) is 2.56. The second-order valence-electron chi connectivity index (χ2n) is 5.01. The van der Waals surface area contributed by atoms with Crippen molar-refractivity contribution in [1.29, 1.82) is 0 Å². The van der Waals surface area contributed by atoms with Crippen LogP contribution in [0, 0.1) is 0 Å². The monoisotopic (exact) mass is 367 g/mol. The van der Waals surface area contributed by atoms with Crippen molar-refractivity contribution < 1.29 is 19.4 Å². The molecule has 123 valence electrons. The zero-order valence-corrected chi connectivity index (χ0v) is 16.4. The Morgan fingerprint density at radius 1 is 1.12 bits per heavy atom. The van der Waals surface area contributed by atoms with Gasteiger partial charge >= 0.3 is 5.97 Å². The van der Waals surface area contributed by atoms with Crippen LogP contribution < -0.4 is 9.47 Å². The topological polar surface area (TPSA) is 81.5 Å². The number of rotatable bonds is 5. The maximum absolute atomic E-state index is 10.8. The van der Waals surface area contributed by atoms with E-state index in [2.05, 4.69) is 9.97 Å². The molecule has 0 aliphatic carbocycles. The number of halogens is 1. The molecule has 0 saturated carbocycles. The first-order chi connectivity index (χ1) is 11.5. The Balaban J connectivity index is 0.00000225. The molecule has 0 fully saturated rings. The van der Waals surface area contributed by atoms with Gasteiger partial charge in [-0.3, -0.25) is 0 Å². The van der Waals surface area contributed by atoms with Crippen LogP contribution in [0.15, 0.2) is 48.7 Å². The van der Waals surface area contributed by atoms with Crippen molar-refractivity contribution in [2.24, 2.45) is 0 Å². The van der Waals surface area contributed by atoms with E-state index in [1.165, 1.54) is 13.1 Å². The maximum atomic E-state index is 10.8. The van der Waals surface area contributed by atoms with E-state index in [0.29, 0.717) is 27.9 Å². The number of benzene rings is 2. The van der Waals surface area contributed by atoms with Crippen LogP contribution in [0.3, 0.4) is 0 Å². The van der Waals surface area contributed by atoms with Gasteiger partial charge in [-0.2, -0.15) is 0 Å². The van der Waals surface area contributed by atoms with Crippen LogP contribution in [0.1, 0.15) is 6.92 Å². The van der Waals surface area contributed by atoms with Crippen molar-refractivity contribution in [1.82, 2.24) is 9.97 Å². The van der Waals surface area contributed by atoms with Crippen LogP contribution >= 0.6 is 11.6 Å². The second-order valence-corrected chi connectivity index (χ2v) is 5.45. The van der Waals surface area contributed by atoms with Gasteiger partial charge < -0.3 is 14.6 Å². The van der Waals surface area contributed by atoms with Gasteiger partial charge in [-0.1, -0.05) is 11.6 Å². The van der Waals surface area contributed by atoms with E-state index >= 15 is 0 Å². The van der Waals surface area contributed by atoms with E-state index in [4.69, 9.17) is 26.2 Å². The summed E-state index contributed by atoms with van der Waals surface area (Å²) in [4.78, 5) is 19.4. The van der Waals surface area contributed by atoms with Gasteiger partial charge in [0.2, 0.25) is 5.88 Å². The molecule has 3 rings (SSSR count). The van der Waals surface area contributed by atoms with Gasteiger partial charge in [0.25, 0.3) is 0 Å². The van der Waals surface area contributed by atoms with Gasteiger partial charge in [0.05, 0.1) is 17.2 Å². The third-order valence-electron chi connectivity index (χ3n) is 3.19. The molecule has 1 aromatic heterocycles. The number of fused-ring (bicyclic) bond motifs is 1. The van der Waals surface area contributed by atoms with Crippen LogP contribution in [0.4, 0.5) is 0 Å². The molecule has 1 atom stereocenters. The van der Waals surface area contributed by atoms with Crippen molar-refractivity contribution >= 4 is 58.2 Å². The average molecular weight is 368 g/mol. The Labute approximate surface area is 171 Å². The first kappa shape index (κ1) is 19.5. The Hall–Kier alpha value is -1.86. The van der Waals surface area contributed by atoms with E-state index in [9.17, 15) is 4.79 Å². The SMILES string of the molecule is C[C@@H](Oc1ccc(Oc2cnc3ccc(Cl)cc3n2)cc1)C(=O)O.[Na]. The Morgan fingerprint density at radius 2 is 1.80 bits per heavy atom. The largest absolute Gasteiger partial charge is 0.479 e. The van der Waals surface area contributed by atoms with Crippen LogP contribution in [-0.4, -0.2) is 56.7 Å². The Morgan fingerprint density at radius 3 is 2.48 bits per heavy atom. The van der Waals surface area contributed by atoms with Crippen molar-refractivity contribution in [3.63, 3.8) is 0 Å². The van der Waals surface area contributed by atoms with Crippen LogP contribution in [-0.2, 0) is 4.79 Å². The smallest absolute Gasteiger partial charge is 0.344 e. The summed E-state index contributed by atoms with van der Waals surface area (Å²) in [5.41, 5.74) is 1.35. The summed E-state index contributed by atoms with van der Waals surface area (Å²) >= 11 is 5.95. The van der Waals surface area contributed by atoms with Gasteiger partial charge in [0, 0.05) is 34.6 Å². The standard InChI is InChI=1S/C17H13ClN2O4.Na/c1-10(17(21)22)23-12-3-5-13(6-4-12)24-16-9-19-14-7-2-11(18)8-15(14)20-16;/h2-10H,1H3,(H,21,22);/t10-;/m1./s1. The molecular weight excluding hydrogens is 355 g/mol. The summed E-state index contributed by atoms with van der Waals surface area (Å²) in [6.07, 6.45) is 0.598. The number of aliphatic carboxylic acids is 1. The van der Waals surface area contributed by atoms with Gasteiger partial charge in [-0.05, 0) is 49.4 Å². The number of ether oxygens (including phenoxy) is 2. The molecule has 6 nitrogen and oxygen atoms in total. The molecule has 8 heteroatoms. The van der Waals surface area contributed by atoms with Crippen molar-refractivity contribution in [3.8, 4) is 17.4 Å². The molecule has 2 aromatic carbocycles. The van der Waals surface area contributed by atoms with E-state index in [-0.39, 0.29) is 29.6 Å². The van der Waals surface area contributed by atoms with Gasteiger partial charge in [0.1, 0.15) is 11.5 Å². The normalized spacial score (nSPS) is 11.4. The molecule has 1 radical (unpaired) electrons. The number of hydrogen-bond donors (Lipinski definition) is 1. The molecular formula is C17H13ClN2NaO4. The summed E-state index contributed by atoms with van der Waals surface area (Å²) in [5.74, 6) is 0.271. The number of carboxylic acid groups (broad SMARTS) is 1. The fraction of sp³-hybridized carbons (Fsp3) is 0.118. The zero-order valence-electron chi connectivity index (χ0n) is 13.6. The van der Waals surface area contributed by atoms with E-state index in [1.54, 1.807) is 42.5 Å². The molecule has 0 aliphatic heterocycles. The third kappa shape index (κ3) is 5.06. The van der Waals surface area contributed by atoms with Crippen LogP contribution in [0.5, 0.6) is 17.4 Å². The molecule has 0 spiro atoms. The summed E-state index contributed by atoms with van der Waals surface area (Å²) in [7, 11) is 0. The number of carbonyl (C=O) groups is 1. The molecule has 1 N–H and O–H groups in total. The van der Waals surface area contributed by atoms with Crippen molar-refractivity contribution in [2.75, 3.05) is 0 Å². The number of aromatic nitrogens is 2. The quantitative estimate of drug-likeness (QED) is 0.694. The molecule has 25 heavy (non-hydrogen) atoms. The van der Waals surface area contributed by atoms with E-state index in [0.717, 1.165) is 5.52 Å². The predicted molar refractivity (Wildman–Crippen MR) is 94.5 cm³/mol. The first-order valence-electron chi connectivity index (χ1n) is 7.11. The molecule has 1 heterocycles. The molecule has 0 aliphatic rings. The van der Waals surface area contributed by atoms with E-state index < -0.39 is 12.1 Å². The minimum atomic E-state index is -1.03. The van der Waals surface area contributed by atoms with Gasteiger partial charge in [-0.25, -0.2) is 14.8 Å². The summed E-state index contributed by atoms with van der Waals surface area (Å²) < 4.78 is 10.9. The van der Waals surface area contributed by atoms with Crippen LogP contribution in [0.25, 0.3) is 11.0 Å². The Bertz CT molecular complexity index is 889. The van der Waals surface area contributed by atoms with Crippen molar-refractivity contribution in [3.05, 3.63) is 53.7 Å². The maximum Gasteiger partial charge on any atom is 0.344 e. The van der Waals surface area contributed by atoms with Crippen LogP contribution in [0.2, 0.25) is 5.02 Å². The summed E-state index contributed by atoms with van der Waals surface area (Å²) in [5, 5.41) is 9.40. The van der Waals surface area contributed by atoms with Crippen molar-refractivity contribution in [2.45, 2.75) is 13.0 Å². The minimum Gasteiger partial charge on any atom is -0.479 e. The fourth-order valence-corrected chi connectivity index (χ4v) is 2.14. The number of hydrogen-bond acceptors (Lipinski definition) is 5. The van der Waals surface area contributed by atoms with Gasteiger partial charge in [-0.15, -0.1) is 0 Å². The molecule has 3 aromatic rings. The third-order valence-corrected chi connectivity index (χ3v) is 3.42. The first-order valence-corrected chi connectivity index (χ1v) is 7.49. The molecule has 0 saturated heterocycles. The predicted octanol–water partition coefficient (Wildman–Crippen LogP) is 3.55. The Kier molecular flexibility index (Phi) is 6.61. The number of carboxylic acids is 1. The fourth-order valence-electron chi connectivity index (χ4n) is 1.98. The summed E-state index contributed by atoms with van der Waals surface area (Å²) in [6.45, 7) is 1.46. The van der Waals surface area contributed by atoms with Gasteiger partial charge in [0.15, 0.2) is 6.10 Å². The summed E-state index contributed by atoms with van der Waals surface area (Å²) in [6, 6.07) is 11.8. The molecule has 0 bridgehead atoms. The number of nitrogens with zero attached hydrogens (tertiary/aromatic N) is 2. The second kappa shape index (κ2) is 8.49.